The third-order valence-corrected chi connectivity index (χ3v) is 14.1. The predicted molar refractivity (Wildman–Crippen MR) is 290 cm³/mol. The molecule has 8 atom stereocenters. The summed E-state index contributed by atoms with van der Waals surface area (Å²) in [6, 6.07) is 5.78. The van der Waals surface area contributed by atoms with E-state index in [-0.39, 0.29) is 81.8 Å². The van der Waals surface area contributed by atoms with Crippen LogP contribution < -0.4 is 16.0 Å². The molecule has 7 amide bonds. The molecule has 2 aliphatic rings. The molecule has 23 nitrogen and oxygen atoms in total. The first-order chi connectivity index (χ1) is 37.7. The molecule has 3 rings (SSSR count). The van der Waals surface area contributed by atoms with Crippen LogP contribution in [0, 0.1) is 17.8 Å². The molecule has 1 aromatic rings. The lowest BCUT2D eigenvalue weighted by molar-refractivity contribution is -0.148. The van der Waals surface area contributed by atoms with Crippen LogP contribution in [0.5, 0.6) is 0 Å². The molecule has 2 heterocycles. The molecular formula is C56H90N6O17. The van der Waals surface area contributed by atoms with E-state index in [1.165, 1.54) is 26.4 Å². The zero-order chi connectivity index (χ0) is 58.5. The zero-order valence-electron chi connectivity index (χ0n) is 48.2. The van der Waals surface area contributed by atoms with Crippen LogP contribution in [-0.4, -0.2) is 223 Å². The maximum Gasteiger partial charge on any atom is 0.326 e. The van der Waals surface area contributed by atoms with Crippen LogP contribution in [0.3, 0.4) is 0 Å². The van der Waals surface area contributed by atoms with Gasteiger partial charge in [-0.15, -0.1) is 0 Å². The van der Waals surface area contributed by atoms with Crippen molar-refractivity contribution in [2.75, 3.05) is 114 Å². The van der Waals surface area contributed by atoms with Gasteiger partial charge in [-0.05, 0) is 44.1 Å². The summed E-state index contributed by atoms with van der Waals surface area (Å²) in [6.07, 6.45) is 2.81. The third kappa shape index (κ3) is 22.9. The van der Waals surface area contributed by atoms with Gasteiger partial charge in [-0.2, -0.15) is 0 Å². The SMILES string of the molecule is CCC(C)C(C(CC(=O)N1CCC[C@H]1C(OC)C(C)C(=O)NC(Cc1ccccc1)C(=O)O)OC)N(C)C(=O)C(NC(=O)C(C)(C)NC(=O)CCOCCOCCOCCOCCOCCOCCN1C(=O)C=CC1=O)C(C)C. The number of benzene rings is 1. The summed E-state index contributed by atoms with van der Waals surface area (Å²) in [5.74, 6) is -5.30. The number of nitrogens with zero attached hydrogens (tertiary/aromatic N) is 3. The molecule has 446 valence electrons. The Morgan fingerprint density at radius 2 is 1.29 bits per heavy atom. The number of hydrogen-bond acceptors (Lipinski definition) is 16. The van der Waals surface area contributed by atoms with Crippen LogP contribution in [-0.2, 0) is 82.7 Å². The lowest BCUT2D eigenvalue weighted by Gasteiger charge is -2.41. The Labute approximate surface area is 466 Å². The molecule has 79 heavy (non-hydrogen) atoms. The molecule has 1 saturated heterocycles. The van der Waals surface area contributed by atoms with Crippen molar-refractivity contribution < 1.29 is 81.4 Å². The number of hydrogen-bond donors (Lipinski definition) is 4. The lowest BCUT2D eigenvalue weighted by atomic mass is 9.89. The van der Waals surface area contributed by atoms with E-state index in [1.807, 2.05) is 33.8 Å². The normalized spacial score (nSPS) is 17.3. The van der Waals surface area contributed by atoms with Crippen molar-refractivity contribution >= 4 is 47.3 Å². The maximum absolute atomic E-state index is 14.5. The van der Waals surface area contributed by atoms with Crippen LogP contribution in [0.25, 0.3) is 0 Å². The standard InChI is InChI=1S/C56H90N6O17/c1-11-39(4)50(44(72-9)37-48(66)61-22-15-18-43(61)51(73-10)40(5)52(67)57-42(54(69)70)36-41-16-13-12-14-17-41)60(8)53(68)49(38(2)3)58-55(71)56(6,7)59-45(63)21-24-74-26-28-76-30-32-78-34-35-79-33-31-77-29-27-75-25-23-62-46(64)19-20-47(62)65/h12-14,16-17,19-20,38-40,42-44,49-51H,11,15,18,21-37H2,1-10H3,(H,57,67)(H,58,71)(H,59,63)(H,69,70)/t39?,40?,42?,43-,44?,49?,50?,51?/m0/s1. The van der Waals surface area contributed by atoms with Gasteiger partial charge in [-0.3, -0.25) is 38.5 Å². The van der Waals surface area contributed by atoms with E-state index in [4.69, 9.17) is 37.9 Å². The fourth-order valence-electron chi connectivity index (χ4n) is 9.36. The summed E-state index contributed by atoms with van der Waals surface area (Å²) < 4.78 is 44.8. The van der Waals surface area contributed by atoms with Crippen molar-refractivity contribution in [3.63, 3.8) is 0 Å². The van der Waals surface area contributed by atoms with E-state index in [1.54, 1.807) is 61.9 Å². The number of methoxy groups -OCH3 is 2. The summed E-state index contributed by atoms with van der Waals surface area (Å²) in [5.41, 5.74) is -0.641. The van der Waals surface area contributed by atoms with Crippen LogP contribution in [0.2, 0.25) is 0 Å². The van der Waals surface area contributed by atoms with E-state index in [2.05, 4.69) is 16.0 Å². The van der Waals surface area contributed by atoms with Gasteiger partial charge in [0, 0.05) is 52.8 Å². The fourth-order valence-corrected chi connectivity index (χ4v) is 9.36. The second-order valence-electron chi connectivity index (χ2n) is 20.6. The highest BCUT2D eigenvalue weighted by Gasteiger charge is 2.44. The summed E-state index contributed by atoms with van der Waals surface area (Å²) in [7, 11) is 4.60. The Morgan fingerprint density at radius 3 is 1.78 bits per heavy atom. The average molecular weight is 1120 g/mol. The van der Waals surface area contributed by atoms with Crippen LogP contribution in [0.4, 0.5) is 0 Å². The molecule has 0 bridgehead atoms. The molecule has 1 aromatic carbocycles. The molecule has 0 spiro atoms. The monoisotopic (exact) mass is 1120 g/mol. The molecule has 23 heteroatoms. The number of aliphatic carboxylic acids is 1. The topological polar surface area (TPSA) is 276 Å². The molecule has 0 radical (unpaired) electrons. The molecule has 7 unspecified atom stereocenters. The average Bonchev–Trinajstić information content (AvgIpc) is 4.06. The Hall–Kier alpha value is -5.40. The van der Waals surface area contributed by atoms with E-state index in [0.717, 1.165) is 10.5 Å². The van der Waals surface area contributed by atoms with E-state index >= 15 is 0 Å². The Kier molecular flexibility index (Phi) is 31.0. The predicted octanol–water partition coefficient (Wildman–Crippen LogP) is 2.17. The van der Waals surface area contributed by atoms with Crippen LogP contribution in [0.15, 0.2) is 42.5 Å². The van der Waals surface area contributed by atoms with Crippen molar-refractivity contribution in [1.82, 2.24) is 30.7 Å². The number of carboxylic acids is 1. The molecule has 0 aromatic heterocycles. The number of carboxylic acid groups (broad SMARTS) is 1. The number of carbonyl (C=O) groups excluding carboxylic acids is 7. The van der Waals surface area contributed by atoms with Crippen molar-refractivity contribution in [1.29, 1.82) is 0 Å². The summed E-state index contributed by atoms with van der Waals surface area (Å²) >= 11 is 0. The van der Waals surface area contributed by atoms with Crippen molar-refractivity contribution in [2.45, 2.75) is 129 Å². The third-order valence-electron chi connectivity index (χ3n) is 14.1. The minimum absolute atomic E-state index is 0.0218. The molecule has 2 aliphatic heterocycles. The fraction of sp³-hybridized carbons (Fsp3) is 0.714. The van der Waals surface area contributed by atoms with Crippen molar-refractivity contribution in [3.05, 3.63) is 48.0 Å². The van der Waals surface area contributed by atoms with Gasteiger partial charge in [0.2, 0.25) is 29.5 Å². The second-order valence-corrected chi connectivity index (χ2v) is 20.6. The minimum atomic E-state index is -1.40. The van der Waals surface area contributed by atoms with Crippen LogP contribution in [0.1, 0.15) is 86.1 Å². The number of rotatable bonds is 41. The number of amides is 7. The van der Waals surface area contributed by atoms with E-state index in [0.29, 0.717) is 78.7 Å². The van der Waals surface area contributed by atoms with E-state index in [9.17, 15) is 43.5 Å². The van der Waals surface area contributed by atoms with Gasteiger partial charge in [0.15, 0.2) is 0 Å². The van der Waals surface area contributed by atoms with Gasteiger partial charge in [-0.25, -0.2) is 4.79 Å². The van der Waals surface area contributed by atoms with Gasteiger partial charge >= 0.3 is 5.97 Å². The smallest absolute Gasteiger partial charge is 0.326 e. The Balaban J connectivity index is 1.40. The Morgan fingerprint density at radius 1 is 0.759 bits per heavy atom. The highest BCUT2D eigenvalue weighted by molar-refractivity contribution is 6.12. The number of nitrogens with one attached hydrogen (secondary N) is 3. The largest absolute Gasteiger partial charge is 0.480 e. The van der Waals surface area contributed by atoms with Gasteiger partial charge in [0.25, 0.3) is 11.8 Å². The number of likely N-dealkylation sites (tertiary alicyclic amines) is 1. The maximum atomic E-state index is 14.5. The van der Waals surface area contributed by atoms with Gasteiger partial charge in [0.05, 0.1) is 122 Å². The number of imide groups is 1. The second kappa shape index (κ2) is 36.1. The quantitative estimate of drug-likeness (QED) is 0.0540. The van der Waals surface area contributed by atoms with Crippen molar-refractivity contribution in [3.8, 4) is 0 Å². The van der Waals surface area contributed by atoms with Crippen molar-refractivity contribution in [2.24, 2.45) is 17.8 Å². The summed E-state index contributed by atoms with van der Waals surface area (Å²) in [5, 5.41) is 18.3. The van der Waals surface area contributed by atoms with Gasteiger partial charge < -0.3 is 68.8 Å². The summed E-state index contributed by atoms with van der Waals surface area (Å²) in [6.45, 7) is 16.7. The van der Waals surface area contributed by atoms with Gasteiger partial charge in [-0.1, -0.05) is 71.4 Å². The number of carbonyl (C=O) groups is 8. The molecule has 0 aliphatic carbocycles. The van der Waals surface area contributed by atoms with E-state index < -0.39 is 77.4 Å². The lowest BCUT2D eigenvalue weighted by Crippen LogP contribution is -2.62. The first-order valence-electron chi connectivity index (χ1n) is 27.5. The number of ether oxygens (including phenoxy) is 8. The highest BCUT2D eigenvalue weighted by Crippen LogP contribution is 2.30. The highest BCUT2D eigenvalue weighted by atomic mass is 16.6. The minimum Gasteiger partial charge on any atom is -0.480 e. The molecule has 4 N–H and O–H groups in total. The first kappa shape index (κ1) is 67.9. The molecule has 1 fully saturated rings. The molecular weight excluding hydrogens is 1030 g/mol. The summed E-state index contributed by atoms with van der Waals surface area (Å²) in [4.78, 5) is 109. The number of likely N-dealkylation sites (N-methyl/N-ethyl adjacent to an activating group) is 1. The molecule has 0 saturated carbocycles. The zero-order valence-corrected chi connectivity index (χ0v) is 48.2. The Bertz CT molecular complexity index is 2080. The van der Waals surface area contributed by atoms with Crippen LogP contribution >= 0.6 is 0 Å². The first-order valence-corrected chi connectivity index (χ1v) is 27.5. The van der Waals surface area contributed by atoms with Gasteiger partial charge in [0.1, 0.15) is 17.6 Å².